The van der Waals surface area contributed by atoms with Crippen LogP contribution in [0, 0.1) is 0 Å². The number of ether oxygens (including phenoxy) is 1. The third-order valence-electron chi connectivity index (χ3n) is 6.64. The minimum Gasteiger partial charge on any atom is -0.410 e. The van der Waals surface area contributed by atoms with Crippen molar-refractivity contribution in [1.29, 1.82) is 0 Å². The SMILES string of the molecule is CC(=O)NCCc1c[nH]c2ccc(OC(=O)NCCNc3c4c(nc5cc(Cl)ccc35)CCCC4)cc12. The normalized spacial score (nSPS) is 12.8. The number of hydrogen-bond acceptors (Lipinski definition) is 5. The zero-order valence-electron chi connectivity index (χ0n) is 20.7. The van der Waals surface area contributed by atoms with E-state index in [0.29, 0.717) is 36.8 Å². The molecule has 0 atom stereocenters. The molecule has 2 amide bonds. The number of aromatic amines is 1. The summed E-state index contributed by atoms with van der Waals surface area (Å²) in [5.41, 5.74) is 6.36. The lowest BCUT2D eigenvalue weighted by Crippen LogP contribution is -2.31. The minimum atomic E-state index is -0.509. The molecule has 8 nitrogen and oxygen atoms in total. The smallest absolute Gasteiger partial charge is 0.410 e. The summed E-state index contributed by atoms with van der Waals surface area (Å²) in [4.78, 5) is 31.7. The fourth-order valence-corrected chi connectivity index (χ4v) is 5.06. The number of carbonyl (C=O) groups excluding carboxylic acids is 2. The van der Waals surface area contributed by atoms with E-state index in [1.165, 1.54) is 12.5 Å². The molecule has 2 heterocycles. The zero-order chi connectivity index (χ0) is 25.8. The largest absolute Gasteiger partial charge is 0.412 e. The molecule has 4 N–H and O–H groups in total. The van der Waals surface area contributed by atoms with Crippen molar-refractivity contribution in [1.82, 2.24) is 20.6 Å². The average molecular weight is 520 g/mol. The molecule has 0 bridgehead atoms. The maximum Gasteiger partial charge on any atom is 0.412 e. The highest BCUT2D eigenvalue weighted by atomic mass is 35.5. The molecule has 2 aromatic carbocycles. The monoisotopic (exact) mass is 519 g/mol. The number of H-pyrrole nitrogens is 1. The summed E-state index contributed by atoms with van der Waals surface area (Å²) >= 11 is 6.21. The number of rotatable bonds is 8. The van der Waals surface area contributed by atoms with Gasteiger partial charge >= 0.3 is 6.09 Å². The molecule has 0 spiro atoms. The van der Waals surface area contributed by atoms with Gasteiger partial charge in [-0.25, -0.2) is 4.79 Å². The van der Waals surface area contributed by atoms with Crippen LogP contribution in [-0.2, 0) is 24.1 Å². The van der Waals surface area contributed by atoms with Crippen LogP contribution in [0.25, 0.3) is 21.8 Å². The van der Waals surface area contributed by atoms with Crippen molar-refractivity contribution in [3.8, 4) is 5.75 Å². The molecule has 0 fully saturated rings. The van der Waals surface area contributed by atoms with Gasteiger partial charge in [-0.05, 0) is 79.6 Å². The number of halogens is 1. The van der Waals surface area contributed by atoms with Crippen LogP contribution >= 0.6 is 11.6 Å². The highest BCUT2D eigenvalue weighted by Crippen LogP contribution is 2.34. The fraction of sp³-hybridized carbons (Fsp3) is 0.321. The predicted molar refractivity (Wildman–Crippen MR) is 147 cm³/mol. The number of nitrogens with one attached hydrogen (secondary N) is 4. The summed E-state index contributed by atoms with van der Waals surface area (Å²) < 4.78 is 5.53. The number of benzene rings is 2. The minimum absolute atomic E-state index is 0.0589. The first kappa shape index (κ1) is 24.9. The van der Waals surface area contributed by atoms with Gasteiger partial charge in [0.05, 0.1) is 5.52 Å². The Morgan fingerprint density at radius 2 is 1.89 bits per heavy atom. The molecule has 9 heteroatoms. The quantitative estimate of drug-likeness (QED) is 0.241. The van der Waals surface area contributed by atoms with Crippen LogP contribution in [0.5, 0.6) is 5.75 Å². The second-order valence-electron chi connectivity index (χ2n) is 9.28. The number of amides is 2. The molecule has 0 aliphatic heterocycles. The summed E-state index contributed by atoms with van der Waals surface area (Å²) in [6, 6.07) is 11.3. The predicted octanol–water partition coefficient (Wildman–Crippen LogP) is 5.13. The van der Waals surface area contributed by atoms with Gasteiger partial charge in [-0.1, -0.05) is 11.6 Å². The summed E-state index contributed by atoms with van der Waals surface area (Å²) in [5.74, 6) is 0.404. The zero-order valence-corrected chi connectivity index (χ0v) is 21.5. The number of anilines is 1. The maximum atomic E-state index is 12.5. The Balaban J connectivity index is 1.19. The summed E-state index contributed by atoms with van der Waals surface area (Å²) in [6.45, 7) is 3.00. The Morgan fingerprint density at radius 3 is 2.76 bits per heavy atom. The molecule has 1 aliphatic rings. The highest BCUT2D eigenvalue weighted by molar-refractivity contribution is 6.31. The van der Waals surface area contributed by atoms with Crippen LogP contribution in [0.2, 0.25) is 5.02 Å². The Hall–Kier alpha value is -3.78. The van der Waals surface area contributed by atoms with Crippen molar-refractivity contribution in [2.75, 3.05) is 25.0 Å². The van der Waals surface area contributed by atoms with Crippen LogP contribution in [0.15, 0.2) is 42.6 Å². The molecule has 1 aliphatic carbocycles. The van der Waals surface area contributed by atoms with Gasteiger partial charge in [0.15, 0.2) is 0 Å². The van der Waals surface area contributed by atoms with E-state index in [1.54, 1.807) is 6.07 Å². The second-order valence-corrected chi connectivity index (χ2v) is 9.71. The average Bonchev–Trinajstić information content (AvgIpc) is 3.27. The summed E-state index contributed by atoms with van der Waals surface area (Å²) in [7, 11) is 0. The van der Waals surface area contributed by atoms with E-state index in [-0.39, 0.29) is 5.91 Å². The third-order valence-corrected chi connectivity index (χ3v) is 6.87. The van der Waals surface area contributed by atoms with E-state index < -0.39 is 6.09 Å². The van der Waals surface area contributed by atoms with Crippen LogP contribution < -0.4 is 20.7 Å². The second kappa shape index (κ2) is 11.1. The van der Waals surface area contributed by atoms with Crippen LogP contribution in [0.4, 0.5) is 10.5 Å². The molecule has 192 valence electrons. The number of carbonyl (C=O) groups is 2. The number of pyridine rings is 1. The van der Waals surface area contributed by atoms with Crippen LogP contribution in [-0.4, -0.2) is 41.6 Å². The van der Waals surface area contributed by atoms with Gasteiger partial charge in [-0.2, -0.15) is 0 Å². The van der Waals surface area contributed by atoms with Crippen molar-refractivity contribution in [3.63, 3.8) is 0 Å². The summed E-state index contributed by atoms with van der Waals surface area (Å²) in [5, 5.41) is 11.8. The molecule has 0 saturated carbocycles. The van der Waals surface area contributed by atoms with Crippen molar-refractivity contribution < 1.29 is 14.3 Å². The maximum absolute atomic E-state index is 12.5. The van der Waals surface area contributed by atoms with E-state index >= 15 is 0 Å². The van der Waals surface area contributed by atoms with E-state index in [2.05, 4.69) is 20.9 Å². The molecular formula is C28H30ClN5O3. The van der Waals surface area contributed by atoms with Gasteiger partial charge in [0.25, 0.3) is 0 Å². The van der Waals surface area contributed by atoms with E-state index in [1.807, 2.05) is 36.5 Å². The van der Waals surface area contributed by atoms with E-state index in [0.717, 1.165) is 64.4 Å². The standard InChI is InChI=1S/C28H30ClN5O3/c1-17(35)30-11-10-18-16-33-24-9-7-20(15-23(18)24)37-28(36)32-13-12-31-27-21-4-2-3-5-25(21)34-26-14-19(29)6-8-22(26)27/h6-9,14-16,33H,2-5,10-13H2,1H3,(H,30,35)(H,31,34)(H,32,36). The van der Waals surface area contributed by atoms with Gasteiger partial charge in [0.1, 0.15) is 5.75 Å². The topological polar surface area (TPSA) is 108 Å². The van der Waals surface area contributed by atoms with Crippen molar-refractivity contribution in [3.05, 3.63) is 64.4 Å². The molecular weight excluding hydrogens is 490 g/mol. The molecule has 2 aromatic heterocycles. The number of aromatic nitrogens is 2. The van der Waals surface area contributed by atoms with E-state index in [4.69, 9.17) is 21.3 Å². The van der Waals surface area contributed by atoms with Gasteiger partial charge in [-0.3, -0.25) is 9.78 Å². The first-order valence-electron chi connectivity index (χ1n) is 12.6. The van der Waals surface area contributed by atoms with Crippen LogP contribution in [0.1, 0.15) is 36.6 Å². The third kappa shape index (κ3) is 5.80. The van der Waals surface area contributed by atoms with Crippen molar-refractivity contribution in [2.45, 2.75) is 39.0 Å². The Labute approximate surface area is 220 Å². The number of fused-ring (bicyclic) bond motifs is 3. The lowest BCUT2D eigenvalue weighted by atomic mass is 9.92. The molecule has 37 heavy (non-hydrogen) atoms. The first-order chi connectivity index (χ1) is 18.0. The Bertz CT molecular complexity index is 1470. The lowest BCUT2D eigenvalue weighted by molar-refractivity contribution is -0.118. The van der Waals surface area contributed by atoms with Gasteiger partial charge < -0.3 is 25.7 Å². The van der Waals surface area contributed by atoms with Crippen molar-refractivity contribution in [2.24, 2.45) is 0 Å². The van der Waals surface area contributed by atoms with Gasteiger partial charge in [-0.15, -0.1) is 0 Å². The van der Waals surface area contributed by atoms with E-state index in [9.17, 15) is 9.59 Å². The number of hydrogen-bond donors (Lipinski definition) is 4. The Kier molecular flexibility index (Phi) is 7.46. The lowest BCUT2D eigenvalue weighted by Gasteiger charge is -2.22. The summed E-state index contributed by atoms with van der Waals surface area (Å²) in [6.07, 6.45) is 6.34. The molecule has 0 radical (unpaired) electrons. The Morgan fingerprint density at radius 1 is 1.03 bits per heavy atom. The first-order valence-corrected chi connectivity index (χ1v) is 13.0. The molecule has 4 aromatic rings. The van der Waals surface area contributed by atoms with Crippen LogP contribution in [0.3, 0.4) is 0 Å². The van der Waals surface area contributed by atoms with Gasteiger partial charge in [0.2, 0.25) is 5.91 Å². The molecule has 0 unspecified atom stereocenters. The van der Waals surface area contributed by atoms with Crippen molar-refractivity contribution >= 4 is 51.1 Å². The molecule has 5 rings (SSSR count). The fourth-order valence-electron chi connectivity index (χ4n) is 4.90. The highest BCUT2D eigenvalue weighted by Gasteiger charge is 2.18. The number of nitrogens with zero attached hydrogens (tertiary/aromatic N) is 1. The molecule has 0 saturated heterocycles. The number of aryl methyl sites for hydroxylation is 1. The van der Waals surface area contributed by atoms with Gasteiger partial charge in [0, 0.05) is 65.4 Å².